The molecule has 1 aromatic carbocycles. The van der Waals surface area contributed by atoms with Crippen LogP contribution in [0.15, 0.2) is 22.7 Å². The SMILES string of the molecule is CC(C)CC1(CNCc2ccc(F)cc2Br)CCCC1. The van der Waals surface area contributed by atoms with Crippen molar-refractivity contribution in [2.75, 3.05) is 6.54 Å². The number of rotatable bonds is 6. The Bertz CT molecular complexity index is 439. The predicted octanol–water partition coefficient (Wildman–Crippen LogP) is 5.28. The maximum atomic E-state index is 13.1. The molecule has 0 amide bonds. The van der Waals surface area contributed by atoms with Gasteiger partial charge >= 0.3 is 0 Å². The molecule has 1 fully saturated rings. The summed E-state index contributed by atoms with van der Waals surface area (Å²) in [6.07, 6.45) is 6.75. The second kappa shape index (κ2) is 7.04. The first kappa shape index (κ1) is 16.0. The first-order chi connectivity index (χ1) is 9.51. The van der Waals surface area contributed by atoms with E-state index in [4.69, 9.17) is 0 Å². The highest BCUT2D eigenvalue weighted by atomic mass is 79.9. The molecule has 0 bridgehead atoms. The van der Waals surface area contributed by atoms with E-state index in [2.05, 4.69) is 35.1 Å². The van der Waals surface area contributed by atoms with E-state index < -0.39 is 0 Å². The molecule has 20 heavy (non-hydrogen) atoms. The third-order valence-electron chi connectivity index (χ3n) is 4.34. The van der Waals surface area contributed by atoms with Gasteiger partial charge in [-0.25, -0.2) is 4.39 Å². The molecule has 3 heteroatoms. The van der Waals surface area contributed by atoms with Crippen LogP contribution in [0, 0.1) is 17.2 Å². The molecule has 1 aliphatic rings. The molecule has 1 nitrogen and oxygen atoms in total. The molecule has 1 aliphatic carbocycles. The van der Waals surface area contributed by atoms with Gasteiger partial charge in [-0.15, -0.1) is 0 Å². The fourth-order valence-corrected chi connectivity index (χ4v) is 4.06. The standard InChI is InChI=1S/C17H25BrFN/c1-13(2)10-17(7-3-4-8-17)12-20-11-14-5-6-15(19)9-16(14)18/h5-6,9,13,20H,3-4,7-8,10-12H2,1-2H3. The van der Waals surface area contributed by atoms with Gasteiger partial charge in [0, 0.05) is 17.6 Å². The van der Waals surface area contributed by atoms with Gasteiger partial charge in [0.1, 0.15) is 5.82 Å². The number of nitrogens with one attached hydrogen (secondary N) is 1. The summed E-state index contributed by atoms with van der Waals surface area (Å²) in [6, 6.07) is 4.92. The molecule has 1 aromatic rings. The minimum absolute atomic E-state index is 0.187. The maximum Gasteiger partial charge on any atom is 0.124 e. The van der Waals surface area contributed by atoms with E-state index in [1.165, 1.54) is 44.2 Å². The molecule has 0 aromatic heterocycles. The van der Waals surface area contributed by atoms with Crippen molar-refractivity contribution in [2.45, 2.75) is 52.5 Å². The van der Waals surface area contributed by atoms with E-state index in [-0.39, 0.29) is 5.82 Å². The van der Waals surface area contributed by atoms with E-state index in [1.54, 1.807) is 0 Å². The summed E-state index contributed by atoms with van der Waals surface area (Å²) in [4.78, 5) is 0. The Morgan fingerprint density at radius 2 is 2.00 bits per heavy atom. The van der Waals surface area contributed by atoms with Crippen LogP contribution >= 0.6 is 15.9 Å². The summed E-state index contributed by atoms with van der Waals surface area (Å²) < 4.78 is 13.9. The predicted molar refractivity (Wildman–Crippen MR) is 86.2 cm³/mol. The third kappa shape index (κ3) is 4.29. The van der Waals surface area contributed by atoms with Gasteiger partial charge in [0.15, 0.2) is 0 Å². The first-order valence-corrected chi connectivity index (χ1v) is 8.45. The molecule has 2 rings (SSSR count). The highest BCUT2D eigenvalue weighted by molar-refractivity contribution is 9.10. The highest BCUT2D eigenvalue weighted by Crippen LogP contribution is 2.42. The molecule has 0 unspecified atom stereocenters. The summed E-state index contributed by atoms with van der Waals surface area (Å²) in [5, 5.41) is 3.60. The van der Waals surface area contributed by atoms with Crippen molar-refractivity contribution in [3.8, 4) is 0 Å². The van der Waals surface area contributed by atoms with Gasteiger partial charge < -0.3 is 5.32 Å². The van der Waals surface area contributed by atoms with E-state index in [9.17, 15) is 4.39 Å². The molecule has 0 atom stereocenters. The normalized spacial score (nSPS) is 17.9. The summed E-state index contributed by atoms with van der Waals surface area (Å²) >= 11 is 3.43. The van der Waals surface area contributed by atoms with Gasteiger partial charge in [-0.3, -0.25) is 0 Å². The van der Waals surface area contributed by atoms with Crippen LogP contribution in [0.5, 0.6) is 0 Å². The minimum atomic E-state index is -0.187. The molecule has 112 valence electrons. The Kier molecular flexibility index (Phi) is 5.62. The van der Waals surface area contributed by atoms with Crippen LogP contribution in [-0.4, -0.2) is 6.54 Å². The van der Waals surface area contributed by atoms with E-state index in [0.29, 0.717) is 5.41 Å². The lowest BCUT2D eigenvalue weighted by atomic mass is 9.78. The van der Waals surface area contributed by atoms with Crippen LogP contribution in [0.2, 0.25) is 0 Å². The zero-order chi connectivity index (χ0) is 14.6. The number of benzene rings is 1. The van der Waals surface area contributed by atoms with E-state index in [1.807, 2.05) is 6.07 Å². The number of hydrogen-bond acceptors (Lipinski definition) is 1. The quantitative estimate of drug-likeness (QED) is 0.741. The zero-order valence-electron chi connectivity index (χ0n) is 12.5. The van der Waals surface area contributed by atoms with Crippen molar-refractivity contribution in [1.29, 1.82) is 0 Å². The Balaban J connectivity index is 1.90. The lowest BCUT2D eigenvalue weighted by molar-refractivity contribution is 0.223. The highest BCUT2D eigenvalue weighted by Gasteiger charge is 2.33. The number of halogens is 2. The van der Waals surface area contributed by atoms with Gasteiger partial charge in [-0.05, 0) is 48.3 Å². The van der Waals surface area contributed by atoms with Gasteiger partial charge in [-0.1, -0.05) is 48.7 Å². The Hall–Kier alpha value is -0.410. The molecule has 0 aliphatic heterocycles. The lowest BCUT2D eigenvalue weighted by Crippen LogP contribution is -2.33. The van der Waals surface area contributed by atoms with Crippen molar-refractivity contribution >= 4 is 15.9 Å². The second-order valence-corrected chi connectivity index (χ2v) is 7.50. The third-order valence-corrected chi connectivity index (χ3v) is 5.07. The molecular weight excluding hydrogens is 317 g/mol. The van der Waals surface area contributed by atoms with Crippen LogP contribution in [0.4, 0.5) is 4.39 Å². The summed E-state index contributed by atoms with van der Waals surface area (Å²) in [6.45, 7) is 6.52. The maximum absolute atomic E-state index is 13.1. The van der Waals surface area contributed by atoms with Crippen LogP contribution in [0.1, 0.15) is 51.5 Å². The molecule has 1 saturated carbocycles. The second-order valence-electron chi connectivity index (χ2n) is 6.64. The van der Waals surface area contributed by atoms with Gasteiger partial charge in [-0.2, -0.15) is 0 Å². The molecule has 0 heterocycles. The average Bonchev–Trinajstić information content (AvgIpc) is 2.80. The van der Waals surface area contributed by atoms with Crippen LogP contribution in [-0.2, 0) is 6.54 Å². The largest absolute Gasteiger partial charge is 0.312 e. The van der Waals surface area contributed by atoms with Gasteiger partial charge in [0.05, 0.1) is 0 Å². The lowest BCUT2D eigenvalue weighted by Gasteiger charge is -2.31. The van der Waals surface area contributed by atoms with Crippen molar-refractivity contribution < 1.29 is 4.39 Å². The Morgan fingerprint density at radius 1 is 1.30 bits per heavy atom. The Morgan fingerprint density at radius 3 is 2.60 bits per heavy atom. The topological polar surface area (TPSA) is 12.0 Å². The summed E-state index contributed by atoms with van der Waals surface area (Å²) in [5.41, 5.74) is 1.62. The minimum Gasteiger partial charge on any atom is -0.312 e. The monoisotopic (exact) mass is 341 g/mol. The van der Waals surface area contributed by atoms with Gasteiger partial charge in [0.25, 0.3) is 0 Å². The molecular formula is C17H25BrFN. The molecule has 1 N–H and O–H groups in total. The summed E-state index contributed by atoms with van der Waals surface area (Å²) in [5.74, 6) is 0.570. The molecule has 0 radical (unpaired) electrons. The number of hydrogen-bond donors (Lipinski definition) is 1. The first-order valence-electron chi connectivity index (χ1n) is 7.65. The fourth-order valence-electron chi connectivity index (χ4n) is 3.57. The van der Waals surface area contributed by atoms with Crippen LogP contribution in [0.25, 0.3) is 0 Å². The van der Waals surface area contributed by atoms with Gasteiger partial charge in [0.2, 0.25) is 0 Å². The zero-order valence-corrected chi connectivity index (χ0v) is 14.1. The van der Waals surface area contributed by atoms with E-state index in [0.717, 1.165) is 29.0 Å². The van der Waals surface area contributed by atoms with Crippen LogP contribution < -0.4 is 5.32 Å². The van der Waals surface area contributed by atoms with Crippen LogP contribution in [0.3, 0.4) is 0 Å². The van der Waals surface area contributed by atoms with Crippen molar-refractivity contribution in [3.63, 3.8) is 0 Å². The van der Waals surface area contributed by atoms with E-state index >= 15 is 0 Å². The van der Waals surface area contributed by atoms with Crippen molar-refractivity contribution in [2.24, 2.45) is 11.3 Å². The Labute approximate surface area is 130 Å². The van der Waals surface area contributed by atoms with Crippen molar-refractivity contribution in [1.82, 2.24) is 5.32 Å². The van der Waals surface area contributed by atoms with Crippen molar-refractivity contribution in [3.05, 3.63) is 34.1 Å². The smallest absolute Gasteiger partial charge is 0.124 e. The summed E-state index contributed by atoms with van der Waals surface area (Å²) in [7, 11) is 0. The fraction of sp³-hybridized carbons (Fsp3) is 0.647. The average molecular weight is 342 g/mol. The molecule has 0 spiro atoms. The molecule has 0 saturated heterocycles.